The lowest BCUT2D eigenvalue weighted by Crippen LogP contribution is -2.59. The molecule has 0 aliphatic heterocycles. The number of likely N-dealkylation sites (N-methyl/N-ethyl adjacent to an activating group) is 1. The minimum atomic E-state index is -1.18. The topological polar surface area (TPSA) is 93.5 Å². The summed E-state index contributed by atoms with van der Waals surface area (Å²) in [6.07, 6.45) is 0.862. The summed E-state index contributed by atoms with van der Waals surface area (Å²) in [4.78, 5) is 17.6. The number of benzene rings is 1. The van der Waals surface area contributed by atoms with Crippen LogP contribution in [0.2, 0.25) is 0 Å². The molecule has 35 heavy (non-hydrogen) atoms. The Morgan fingerprint density at radius 1 is 1.20 bits per heavy atom. The number of nitrogens with zero attached hydrogens (tertiary/aromatic N) is 2. The van der Waals surface area contributed by atoms with Gasteiger partial charge in [-0.1, -0.05) is 13.8 Å². The molecule has 4 rings (SSSR count). The van der Waals surface area contributed by atoms with E-state index in [1.165, 1.54) is 13.2 Å². The lowest BCUT2D eigenvalue weighted by atomic mass is 9.59. The number of ether oxygens (including phenoxy) is 1. The van der Waals surface area contributed by atoms with E-state index in [1.807, 2.05) is 37.7 Å². The molecule has 7 nitrogen and oxygen atoms in total. The molecule has 0 fully saturated rings. The van der Waals surface area contributed by atoms with Crippen molar-refractivity contribution >= 4 is 5.78 Å². The van der Waals surface area contributed by atoms with Gasteiger partial charge in [0.15, 0.2) is 5.78 Å². The lowest BCUT2D eigenvalue weighted by molar-refractivity contribution is -0.102. The SMILES string of the molecule is CCN(CC)Cc1cc(O)c2c(c1F)C[C@H]1C[C@H]3[C@H](N(C)C)C(O)=C(C)C[C@@]3(OC)C(O)=C1C2=O. The first-order valence-corrected chi connectivity index (χ1v) is 12.4. The predicted octanol–water partition coefficient (Wildman–Crippen LogP) is 4.11. The number of carbonyl (C=O) groups is 1. The van der Waals surface area contributed by atoms with Gasteiger partial charge in [-0.15, -0.1) is 0 Å². The van der Waals surface area contributed by atoms with Gasteiger partial charge in [-0.2, -0.15) is 0 Å². The van der Waals surface area contributed by atoms with Gasteiger partial charge in [-0.25, -0.2) is 4.39 Å². The second-order valence-electron chi connectivity index (χ2n) is 10.4. The van der Waals surface area contributed by atoms with Crippen LogP contribution in [0.5, 0.6) is 5.75 Å². The first-order chi connectivity index (χ1) is 16.5. The first-order valence-electron chi connectivity index (χ1n) is 12.4. The number of hydrogen-bond acceptors (Lipinski definition) is 7. The zero-order chi connectivity index (χ0) is 25.8. The Morgan fingerprint density at radius 3 is 2.43 bits per heavy atom. The van der Waals surface area contributed by atoms with Gasteiger partial charge in [0.1, 0.15) is 28.7 Å². The number of carbonyl (C=O) groups excluding carboxylic acids is 1. The molecule has 0 amide bonds. The van der Waals surface area contributed by atoms with Crippen molar-refractivity contribution in [3.8, 4) is 5.75 Å². The van der Waals surface area contributed by atoms with Gasteiger partial charge < -0.3 is 20.1 Å². The first kappa shape index (κ1) is 25.7. The Balaban J connectivity index is 1.86. The van der Waals surface area contributed by atoms with E-state index in [0.29, 0.717) is 24.1 Å². The number of allylic oxidation sites excluding steroid dienone is 1. The molecule has 1 aromatic rings. The van der Waals surface area contributed by atoms with Gasteiger partial charge in [0.2, 0.25) is 0 Å². The van der Waals surface area contributed by atoms with Crippen LogP contribution < -0.4 is 0 Å². The number of phenols is 1. The van der Waals surface area contributed by atoms with Crippen LogP contribution in [0, 0.1) is 17.7 Å². The quantitative estimate of drug-likeness (QED) is 0.555. The third-order valence-corrected chi connectivity index (χ3v) is 8.37. The number of rotatable bonds is 6. The molecule has 0 heterocycles. The van der Waals surface area contributed by atoms with Crippen LogP contribution in [0.4, 0.5) is 4.39 Å². The molecule has 3 aliphatic carbocycles. The zero-order valence-corrected chi connectivity index (χ0v) is 21.5. The minimum absolute atomic E-state index is 0.0663. The molecule has 0 aromatic heterocycles. The third-order valence-electron chi connectivity index (χ3n) is 8.37. The Labute approximate surface area is 206 Å². The summed E-state index contributed by atoms with van der Waals surface area (Å²) in [5.41, 5.74) is 0.192. The molecule has 0 radical (unpaired) electrons. The zero-order valence-electron chi connectivity index (χ0n) is 21.5. The van der Waals surface area contributed by atoms with Crippen molar-refractivity contribution in [3.05, 3.63) is 51.2 Å². The van der Waals surface area contributed by atoms with Crippen molar-refractivity contribution in [1.29, 1.82) is 0 Å². The fraction of sp³-hybridized carbons (Fsp3) is 0.593. The molecule has 4 atom stereocenters. The number of aromatic hydroxyl groups is 1. The summed E-state index contributed by atoms with van der Waals surface area (Å²) >= 11 is 0. The van der Waals surface area contributed by atoms with Crippen LogP contribution in [0.15, 0.2) is 28.7 Å². The second kappa shape index (κ2) is 9.22. The van der Waals surface area contributed by atoms with E-state index < -0.39 is 29.2 Å². The average Bonchev–Trinajstić information content (AvgIpc) is 2.81. The number of fused-ring (bicyclic) bond motifs is 3. The van der Waals surface area contributed by atoms with E-state index in [4.69, 9.17) is 4.74 Å². The molecule has 0 saturated heterocycles. The van der Waals surface area contributed by atoms with Crippen LogP contribution in [-0.2, 0) is 17.7 Å². The third kappa shape index (κ3) is 3.77. The normalized spacial score (nSPS) is 28.5. The molecular formula is C27H37FN2O5. The largest absolute Gasteiger partial charge is 0.511 e. The number of aliphatic hydroxyl groups is 2. The van der Waals surface area contributed by atoms with Crippen molar-refractivity contribution in [3.63, 3.8) is 0 Å². The fourth-order valence-electron chi connectivity index (χ4n) is 6.53. The van der Waals surface area contributed by atoms with E-state index in [2.05, 4.69) is 0 Å². The summed E-state index contributed by atoms with van der Waals surface area (Å²) in [5, 5.41) is 33.3. The molecule has 0 bridgehead atoms. The van der Waals surface area contributed by atoms with E-state index in [1.54, 1.807) is 6.92 Å². The number of ketones is 1. The van der Waals surface area contributed by atoms with E-state index in [-0.39, 0.29) is 52.7 Å². The number of aliphatic hydroxyl groups excluding tert-OH is 2. The van der Waals surface area contributed by atoms with Gasteiger partial charge in [-0.05, 0) is 64.5 Å². The number of hydrogen-bond donors (Lipinski definition) is 3. The maximum Gasteiger partial charge on any atom is 0.196 e. The molecule has 0 spiro atoms. The van der Waals surface area contributed by atoms with Gasteiger partial charge in [0.25, 0.3) is 0 Å². The maximum absolute atomic E-state index is 15.7. The molecule has 0 saturated carbocycles. The van der Waals surface area contributed by atoms with E-state index in [9.17, 15) is 20.1 Å². The summed E-state index contributed by atoms with van der Waals surface area (Å²) in [5.74, 6) is -1.98. The van der Waals surface area contributed by atoms with Crippen LogP contribution >= 0.6 is 0 Å². The minimum Gasteiger partial charge on any atom is -0.511 e. The molecule has 3 aliphatic rings. The highest BCUT2D eigenvalue weighted by atomic mass is 19.1. The van der Waals surface area contributed by atoms with Crippen LogP contribution in [-0.4, -0.2) is 76.8 Å². The molecule has 1 aromatic carbocycles. The lowest BCUT2D eigenvalue weighted by Gasteiger charge is -2.53. The summed E-state index contributed by atoms with van der Waals surface area (Å²) in [6, 6.07) is 0.921. The molecule has 192 valence electrons. The fourth-order valence-corrected chi connectivity index (χ4v) is 6.53. The van der Waals surface area contributed by atoms with Crippen molar-refractivity contribution in [2.24, 2.45) is 11.8 Å². The summed E-state index contributed by atoms with van der Waals surface area (Å²) in [7, 11) is 5.22. The molecule has 0 unspecified atom stereocenters. The average molecular weight is 489 g/mol. The van der Waals surface area contributed by atoms with Crippen molar-refractivity contribution < 1.29 is 29.2 Å². The summed E-state index contributed by atoms with van der Waals surface area (Å²) in [6.45, 7) is 7.58. The Kier molecular flexibility index (Phi) is 6.76. The number of halogens is 1. The smallest absolute Gasteiger partial charge is 0.196 e. The number of Topliss-reactive ketones (excluding diaryl/α,β-unsaturated/α-hetero) is 1. The van der Waals surface area contributed by atoms with Crippen LogP contribution in [0.3, 0.4) is 0 Å². The molecular weight excluding hydrogens is 451 g/mol. The number of phenolic OH excluding ortho intramolecular Hbond substituents is 1. The highest BCUT2D eigenvalue weighted by Crippen LogP contribution is 2.55. The van der Waals surface area contributed by atoms with Gasteiger partial charge in [-0.3, -0.25) is 14.6 Å². The second-order valence-corrected chi connectivity index (χ2v) is 10.4. The van der Waals surface area contributed by atoms with Gasteiger partial charge in [0, 0.05) is 42.7 Å². The van der Waals surface area contributed by atoms with Crippen LogP contribution in [0.1, 0.15) is 55.1 Å². The monoisotopic (exact) mass is 488 g/mol. The highest BCUT2D eigenvalue weighted by molar-refractivity contribution is 6.13. The van der Waals surface area contributed by atoms with E-state index >= 15 is 4.39 Å². The Hall–Kier alpha value is -2.42. The Morgan fingerprint density at radius 2 is 1.86 bits per heavy atom. The number of methoxy groups -OCH3 is 1. The Bertz CT molecular complexity index is 1110. The standard InChI is InChI=1S/C27H37FN2O5/c1-7-30(8-2)13-16-11-19(31)21-17(22(16)28)9-15-10-18-23(29(4)5)24(32)14(3)12-27(18,35-6)26(34)20(15)25(21)33/h11,15,18,23,31-32,34H,7-10,12-13H2,1-6H3/t15-,18-,23-,27-/m0/s1. The van der Waals surface area contributed by atoms with E-state index in [0.717, 1.165) is 13.1 Å². The molecule has 8 heteroatoms. The summed E-state index contributed by atoms with van der Waals surface area (Å²) < 4.78 is 21.7. The molecule has 3 N–H and O–H groups in total. The van der Waals surface area contributed by atoms with Gasteiger partial charge in [0.05, 0.1) is 11.6 Å². The van der Waals surface area contributed by atoms with Gasteiger partial charge >= 0.3 is 0 Å². The maximum atomic E-state index is 15.7. The van der Waals surface area contributed by atoms with Crippen molar-refractivity contribution in [1.82, 2.24) is 9.80 Å². The van der Waals surface area contributed by atoms with Crippen molar-refractivity contribution in [2.75, 3.05) is 34.3 Å². The van der Waals surface area contributed by atoms with Crippen molar-refractivity contribution in [2.45, 2.75) is 58.2 Å². The predicted molar refractivity (Wildman–Crippen MR) is 131 cm³/mol. The van der Waals surface area contributed by atoms with Crippen LogP contribution in [0.25, 0.3) is 0 Å². The highest BCUT2D eigenvalue weighted by Gasteiger charge is 2.58.